The molecule has 0 aromatic heterocycles. The largest absolute Gasteiger partial charge is 0.495 e. The highest BCUT2D eigenvalue weighted by Crippen LogP contribution is 2.39. The van der Waals surface area contributed by atoms with E-state index in [9.17, 15) is 8.42 Å². The van der Waals surface area contributed by atoms with Gasteiger partial charge in [-0.25, -0.2) is 12.7 Å². The highest BCUT2D eigenvalue weighted by atomic mass is 32.2. The fourth-order valence-corrected chi connectivity index (χ4v) is 3.63. The number of aliphatic hydroxyl groups excluding tert-OH is 1. The molecule has 0 saturated heterocycles. The molecule has 2 atom stereocenters. The van der Waals surface area contributed by atoms with Crippen LogP contribution in [0.25, 0.3) is 0 Å². The van der Waals surface area contributed by atoms with E-state index in [0.29, 0.717) is 23.9 Å². The van der Waals surface area contributed by atoms with Crippen molar-refractivity contribution in [1.82, 2.24) is 4.31 Å². The number of hydrogen-bond donors (Lipinski definition) is 1. The first kappa shape index (κ1) is 15.3. The van der Waals surface area contributed by atoms with E-state index in [-0.39, 0.29) is 17.3 Å². The van der Waals surface area contributed by atoms with Crippen LogP contribution in [0.5, 0.6) is 5.75 Å². The number of benzene rings is 1. The summed E-state index contributed by atoms with van der Waals surface area (Å²) in [5.41, 5.74) is 0.624. The van der Waals surface area contributed by atoms with E-state index in [1.165, 1.54) is 17.5 Å². The van der Waals surface area contributed by atoms with E-state index in [4.69, 9.17) is 9.84 Å². The van der Waals surface area contributed by atoms with Gasteiger partial charge in [0.15, 0.2) is 0 Å². The molecule has 0 aliphatic heterocycles. The van der Waals surface area contributed by atoms with Gasteiger partial charge in [-0.05, 0) is 36.0 Å². The Morgan fingerprint density at radius 3 is 2.60 bits per heavy atom. The highest BCUT2D eigenvalue weighted by Gasteiger charge is 2.36. The molecule has 20 heavy (non-hydrogen) atoms. The normalized spacial score (nSPS) is 22.1. The summed E-state index contributed by atoms with van der Waals surface area (Å²) in [4.78, 5) is 0.146. The average Bonchev–Trinajstić information content (AvgIpc) is 3.13. The van der Waals surface area contributed by atoms with Gasteiger partial charge in [0.1, 0.15) is 10.6 Å². The molecular weight excluding hydrogens is 278 g/mol. The molecule has 1 aliphatic rings. The Morgan fingerprint density at radius 1 is 1.45 bits per heavy atom. The SMILES string of the molecule is COc1cc(CO)ccc1S(=O)(=O)N(C)CC1CC1C. The van der Waals surface area contributed by atoms with Crippen molar-refractivity contribution in [3.63, 3.8) is 0 Å². The third kappa shape index (κ3) is 2.97. The molecule has 0 amide bonds. The summed E-state index contributed by atoms with van der Waals surface area (Å²) >= 11 is 0. The second-order valence-corrected chi connectivity index (χ2v) is 7.42. The number of ether oxygens (including phenoxy) is 1. The second-order valence-electron chi connectivity index (χ2n) is 5.40. The van der Waals surface area contributed by atoms with E-state index >= 15 is 0 Å². The van der Waals surface area contributed by atoms with Gasteiger partial charge in [-0.3, -0.25) is 0 Å². The van der Waals surface area contributed by atoms with Crippen LogP contribution in [-0.2, 0) is 16.6 Å². The van der Waals surface area contributed by atoms with Gasteiger partial charge >= 0.3 is 0 Å². The Morgan fingerprint density at radius 2 is 2.10 bits per heavy atom. The molecule has 1 aromatic rings. The van der Waals surface area contributed by atoms with Gasteiger partial charge in [0, 0.05) is 13.6 Å². The van der Waals surface area contributed by atoms with Crippen molar-refractivity contribution in [2.24, 2.45) is 11.8 Å². The summed E-state index contributed by atoms with van der Waals surface area (Å²) in [5.74, 6) is 1.33. The monoisotopic (exact) mass is 299 g/mol. The molecule has 1 N–H and O–H groups in total. The molecule has 1 saturated carbocycles. The van der Waals surface area contributed by atoms with Crippen molar-refractivity contribution in [1.29, 1.82) is 0 Å². The Balaban J connectivity index is 2.28. The third-order valence-corrected chi connectivity index (χ3v) is 5.73. The third-order valence-electron chi connectivity index (χ3n) is 3.87. The Bertz CT molecular complexity index is 585. The standard InChI is InChI=1S/C14H21NO4S/c1-10-6-12(10)8-15(2)20(17,18)14-5-4-11(9-16)7-13(14)19-3/h4-5,7,10,12,16H,6,8-9H2,1-3H3. The van der Waals surface area contributed by atoms with Gasteiger partial charge in [-0.15, -0.1) is 0 Å². The Hall–Kier alpha value is -1.11. The van der Waals surface area contributed by atoms with Crippen LogP contribution in [0.3, 0.4) is 0 Å². The number of rotatable bonds is 6. The van der Waals surface area contributed by atoms with Gasteiger partial charge < -0.3 is 9.84 Å². The Kier molecular flexibility index (Phi) is 4.36. The van der Waals surface area contributed by atoms with Gasteiger partial charge in [-0.1, -0.05) is 13.0 Å². The summed E-state index contributed by atoms with van der Waals surface area (Å²) in [7, 11) is -0.532. The molecule has 0 spiro atoms. The zero-order valence-electron chi connectivity index (χ0n) is 12.0. The Labute approximate surface area is 120 Å². The minimum atomic E-state index is -3.56. The van der Waals surface area contributed by atoms with Crippen molar-refractivity contribution >= 4 is 10.0 Å². The number of methoxy groups -OCH3 is 1. The van der Waals surface area contributed by atoms with Crippen LogP contribution >= 0.6 is 0 Å². The molecule has 1 aliphatic carbocycles. The molecule has 6 heteroatoms. The maximum absolute atomic E-state index is 12.6. The summed E-state index contributed by atoms with van der Waals surface area (Å²) in [6.07, 6.45) is 1.08. The fourth-order valence-electron chi connectivity index (χ4n) is 2.27. The van der Waals surface area contributed by atoms with Crippen LogP contribution in [0.4, 0.5) is 0 Å². The van der Waals surface area contributed by atoms with E-state index < -0.39 is 10.0 Å². The van der Waals surface area contributed by atoms with E-state index in [1.807, 2.05) is 0 Å². The van der Waals surface area contributed by atoms with Crippen LogP contribution in [-0.4, -0.2) is 38.5 Å². The molecular formula is C14H21NO4S. The predicted octanol–water partition coefficient (Wildman–Crippen LogP) is 1.46. The molecule has 112 valence electrons. The number of nitrogens with zero attached hydrogens (tertiary/aromatic N) is 1. The molecule has 5 nitrogen and oxygen atoms in total. The maximum atomic E-state index is 12.6. The zero-order valence-corrected chi connectivity index (χ0v) is 12.9. The lowest BCUT2D eigenvalue weighted by Gasteiger charge is -2.19. The van der Waals surface area contributed by atoms with Crippen LogP contribution in [0, 0.1) is 11.8 Å². The lowest BCUT2D eigenvalue weighted by atomic mass is 10.2. The smallest absolute Gasteiger partial charge is 0.246 e. The van der Waals surface area contributed by atoms with Crippen molar-refractivity contribution < 1.29 is 18.3 Å². The number of hydrogen-bond acceptors (Lipinski definition) is 4. The van der Waals surface area contributed by atoms with Gasteiger partial charge in [0.05, 0.1) is 13.7 Å². The summed E-state index contributed by atoms with van der Waals surface area (Å²) < 4.78 is 31.7. The van der Waals surface area contributed by atoms with Gasteiger partial charge in [-0.2, -0.15) is 0 Å². The lowest BCUT2D eigenvalue weighted by Crippen LogP contribution is -2.29. The molecule has 0 heterocycles. The number of aliphatic hydroxyl groups is 1. The summed E-state index contributed by atoms with van der Waals surface area (Å²) in [6, 6.07) is 4.65. The molecule has 2 rings (SSSR count). The molecule has 1 aromatic carbocycles. The highest BCUT2D eigenvalue weighted by molar-refractivity contribution is 7.89. The topological polar surface area (TPSA) is 66.8 Å². The molecule has 0 bridgehead atoms. The van der Waals surface area contributed by atoms with Crippen LogP contribution in [0.2, 0.25) is 0 Å². The van der Waals surface area contributed by atoms with Crippen molar-refractivity contribution in [2.45, 2.75) is 24.8 Å². The molecule has 1 fully saturated rings. The first-order valence-electron chi connectivity index (χ1n) is 6.64. The van der Waals surface area contributed by atoms with Crippen LogP contribution in [0.15, 0.2) is 23.1 Å². The molecule has 0 radical (unpaired) electrons. The maximum Gasteiger partial charge on any atom is 0.246 e. The molecule has 2 unspecified atom stereocenters. The van der Waals surface area contributed by atoms with Crippen molar-refractivity contribution in [3.8, 4) is 5.75 Å². The van der Waals surface area contributed by atoms with E-state index in [2.05, 4.69) is 6.92 Å². The average molecular weight is 299 g/mol. The van der Waals surface area contributed by atoms with E-state index in [1.54, 1.807) is 19.2 Å². The second kappa shape index (κ2) is 5.71. The van der Waals surface area contributed by atoms with Crippen molar-refractivity contribution in [3.05, 3.63) is 23.8 Å². The predicted molar refractivity (Wildman–Crippen MR) is 76.0 cm³/mol. The first-order valence-corrected chi connectivity index (χ1v) is 8.08. The zero-order chi connectivity index (χ0) is 14.9. The number of sulfonamides is 1. The quantitative estimate of drug-likeness (QED) is 0.863. The van der Waals surface area contributed by atoms with Gasteiger partial charge in [0.2, 0.25) is 10.0 Å². The lowest BCUT2D eigenvalue weighted by molar-refractivity contribution is 0.280. The van der Waals surface area contributed by atoms with Crippen LogP contribution in [0.1, 0.15) is 18.9 Å². The van der Waals surface area contributed by atoms with Crippen molar-refractivity contribution in [2.75, 3.05) is 20.7 Å². The van der Waals surface area contributed by atoms with Gasteiger partial charge in [0.25, 0.3) is 0 Å². The van der Waals surface area contributed by atoms with E-state index in [0.717, 1.165) is 6.42 Å². The summed E-state index contributed by atoms with van der Waals surface area (Å²) in [5, 5.41) is 9.10. The summed E-state index contributed by atoms with van der Waals surface area (Å²) in [6.45, 7) is 2.52. The van der Waals surface area contributed by atoms with Crippen LogP contribution < -0.4 is 4.74 Å². The fraction of sp³-hybridized carbons (Fsp3) is 0.571. The minimum Gasteiger partial charge on any atom is -0.495 e. The first-order chi connectivity index (χ1) is 9.40. The minimum absolute atomic E-state index is 0.146.